The van der Waals surface area contributed by atoms with Gasteiger partial charge in [-0.2, -0.15) is 0 Å². The Morgan fingerprint density at radius 2 is 1.66 bits per heavy atom. The number of nitrogens with zero attached hydrogens (tertiary/aromatic N) is 1. The molecule has 1 unspecified atom stereocenters. The summed E-state index contributed by atoms with van der Waals surface area (Å²) in [5, 5.41) is 0. The minimum Gasteiger partial charge on any atom is -0.465 e. The van der Waals surface area contributed by atoms with E-state index in [0.717, 1.165) is 23.1 Å². The lowest BCUT2D eigenvalue weighted by Gasteiger charge is -2.25. The van der Waals surface area contributed by atoms with E-state index in [2.05, 4.69) is 36.4 Å². The summed E-state index contributed by atoms with van der Waals surface area (Å²) in [7, 11) is 1.43. The molecule has 1 saturated carbocycles. The molecule has 32 heavy (non-hydrogen) atoms. The van der Waals surface area contributed by atoms with Crippen molar-refractivity contribution in [2.45, 2.75) is 64.4 Å². The van der Waals surface area contributed by atoms with Crippen LogP contribution in [-0.2, 0) is 9.47 Å². The summed E-state index contributed by atoms with van der Waals surface area (Å²) in [6.07, 6.45) is 2.94. The molecule has 170 valence electrons. The van der Waals surface area contributed by atoms with Gasteiger partial charge >= 0.3 is 12.1 Å². The first-order valence-corrected chi connectivity index (χ1v) is 11.5. The summed E-state index contributed by atoms with van der Waals surface area (Å²) >= 11 is 0. The molecule has 1 saturated heterocycles. The van der Waals surface area contributed by atoms with Crippen molar-refractivity contribution < 1.29 is 19.1 Å². The number of carbonyl (C=O) groups is 2. The molecule has 1 heterocycles. The van der Waals surface area contributed by atoms with Gasteiger partial charge in [0, 0.05) is 19.0 Å². The Kier molecular flexibility index (Phi) is 6.02. The lowest BCUT2D eigenvalue weighted by atomic mass is 9.85. The number of methoxy groups -OCH3 is 1. The van der Waals surface area contributed by atoms with Crippen molar-refractivity contribution in [2.75, 3.05) is 20.2 Å². The first-order chi connectivity index (χ1) is 15.2. The van der Waals surface area contributed by atoms with E-state index in [0.29, 0.717) is 24.6 Å². The highest BCUT2D eigenvalue weighted by atomic mass is 16.6. The van der Waals surface area contributed by atoms with Crippen LogP contribution in [0.25, 0.3) is 11.1 Å². The molecule has 0 bridgehead atoms. The fourth-order valence-electron chi connectivity index (χ4n) is 4.74. The Bertz CT molecular complexity index is 1030. The fraction of sp³-hybridized carbons (Fsp3) is 0.481. The summed E-state index contributed by atoms with van der Waals surface area (Å²) in [6.45, 7) is 8.78. The molecule has 5 heteroatoms. The Morgan fingerprint density at radius 1 is 0.938 bits per heavy atom. The van der Waals surface area contributed by atoms with Gasteiger partial charge < -0.3 is 14.4 Å². The Hall–Kier alpha value is -2.82. The Balaban J connectivity index is 1.68. The second kappa shape index (κ2) is 8.61. The Morgan fingerprint density at radius 3 is 2.31 bits per heavy atom. The van der Waals surface area contributed by atoms with Gasteiger partial charge in [0.25, 0.3) is 0 Å². The molecular formula is C27H33NO4. The third-order valence-electron chi connectivity index (χ3n) is 6.43. The van der Waals surface area contributed by atoms with Crippen molar-refractivity contribution in [3.05, 3.63) is 58.7 Å². The maximum atomic E-state index is 12.9. The van der Waals surface area contributed by atoms with E-state index in [9.17, 15) is 9.59 Å². The standard InChI is InChI=1S/C27H33NO4/c1-17-20(23-9-7-6-8-21(23)18-10-11-18)12-13-22(24(17)25(29)31-5)19-14-15-28(16-19)26(30)32-27(2,3)4/h6-9,12-13,18-19H,10-11,14-16H2,1-5H3. The molecule has 2 aliphatic rings. The number of rotatable bonds is 4. The molecule has 5 nitrogen and oxygen atoms in total. The van der Waals surface area contributed by atoms with Crippen molar-refractivity contribution >= 4 is 12.1 Å². The summed E-state index contributed by atoms with van der Waals surface area (Å²) in [5.41, 5.74) is 5.64. The highest BCUT2D eigenvalue weighted by molar-refractivity contribution is 5.95. The van der Waals surface area contributed by atoms with Crippen LogP contribution in [0, 0.1) is 6.92 Å². The number of benzene rings is 2. The molecule has 0 spiro atoms. The van der Waals surface area contributed by atoms with Crippen LogP contribution in [0.5, 0.6) is 0 Å². The number of likely N-dealkylation sites (tertiary alicyclic amines) is 1. The molecule has 2 aromatic carbocycles. The summed E-state index contributed by atoms with van der Waals surface area (Å²) in [4.78, 5) is 27.2. The van der Waals surface area contributed by atoms with Gasteiger partial charge in [-0.3, -0.25) is 0 Å². The molecule has 2 fully saturated rings. The van der Waals surface area contributed by atoms with Crippen LogP contribution in [0.3, 0.4) is 0 Å². The molecule has 1 aliphatic carbocycles. The predicted octanol–water partition coefficient (Wildman–Crippen LogP) is 6.05. The average molecular weight is 436 g/mol. The van der Waals surface area contributed by atoms with Gasteiger partial charge in [-0.05, 0) is 80.7 Å². The molecule has 1 aliphatic heterocycles. The molecule has 2 aromatic rings. The van der Waals surface area contributed by atoms with Crippen LogP contribution in [0.15, 0.2) is 36.4 Å². The third kappa shape index (κ3) is 4.52. The predicted molar refractivity (Wildman–Crippen MR) is 125 cm³/mol. The smallest absolute Gasteiger partial charge is 0.410 e. The number of hydrogen-bond donors (Lipinski definition) is 0. The van der Waals surface area contributed by atoms with Crippen molar-refractivity contribution in [3.8, 4) is 11.1 Å². The largest absolute Gasteiger partial charge is 0.465 e. The van der Waals surface area contributed by atoms with Gasteiger partial charge in [0.05, 0.1) is 12.7 Å². The maximum absolute atomic E-state index is 12.9. The lowest BCUT2D eigenvalue weighted by Crippen LogP contribution is -2.35. The van der Waals surface area contributed by atoms with Gasteiger partial charge in [0.2, 0.25) is 0 Å². The highest BCUT2D eigenvalue weighted by Gasteiger charge is 2.34. The zero-order valence-electron chi connectivity index (χ0n) is 19.7. The van der Waals surface area contributed by atoms with Gasteiger partial charge in [-0.25, -0.2) is 9.59 Å². The van der Waals surface area contributed by atoms with Crippen LogP contribution in [0.1, 0.15) is 78.9 Å². The fourth-order valence-corrected chi connectivity index (χ4v) is 4.74. The number of ether oxygens (including phenoxy) is 2. The highest BCUT2D eigenvalue weighted by Crippen LogP contribution is 2.45. The van der Waals surface area contributed by atoms with E-state index in [1.54, 1.807) is 4.90 Å². The number of hydrogen-bond acceptors (Lipinski definition) is 4. The normalized spacial score (nSPS) is 18.5. The van der Waals surface area contributed by atoms with Crippen LogP contribution >= 0.6 is 0 Å². The minimum absolute atomic E-state index is 0.0723. The van der Waals surface area contributed by atoms with Gasteiger partial charge in [0.15, 0.2) is 0 Å². The van der Waals surface area contributed by atoms with Crippen LogP contribution in [0.4, 0.5) is 4.79 Å². The van der Waals surface area contributed by atoms with Gasteiger partial charge in [-0.15, -0.1) is 0 Å². The summed E-state index contributed by atoms with van der Waals surface area (Å²) in [5.74, 6) is 0.367. The van der Waals surface area contributed by atoms with Gasteiger partial charge in [-0.1, -0.05) is 36.4 Å². The van der Waals surface area contributed by atoms with Crippen LogP contribution in [-0.4, -0.2) is 42.8 Å². The maximum Gasteiger partial charge on any atom is 0.410 e. The van der Waals surface area contributed by atoms with E-state index in [-0.39, 0.29) is 18.0 Å². The quantitative estimate of drug-likeness (QED) is 0.549. The van der Waals surface area contributed by atoms with Crippen molar-refractivity contribution in [2.24, 2.45) is 0 Å². The monoisotopic (exact) mass is 435 g/mol. The molecule has 1 amide bonds. The molecule has 0 aromatic heterocycles. The number of amides is 1. The van der Waals surface area contributed by atoms with E-state index in [4.69, 9.17) is 9.47 Å². The van der Waals surface area contributed by atoms with Crippen LogP contribution < -0.4 is 0 Å². The third-order valence-corrected chi connectivity index (χ3v) is 6.43. The van der Waals surface area contributed by atoms with E-state index >= 15 is 0 Å². The second-order valence-electron chi connectivity index (χ2n) is 9.97. The van der Waals surface area contributed by atoms with E-state index in [1.165, 1.54) is 31.1 Å². The number of carbonyl (C=O) groups excluding carboxylic acids is 2. The summed E-state index contributed by atoms with van der Waals surface area (Å²) in [6, 6.07) is 12.7. The zero-order valence-corrected chi connectivity index (χ0v) is 19.7. The molecular weight excluding hydrogens is 402 g/mol. The van der Waals surface area contributed by atoms with Gasteiger partial charge in [0.1, 0.15) is 5.60 Å². The Labute approximate surface area is 190 Å². The molecule has 0 radical (unpaired) electrons. The van der Waals surface area contributed by atoms with E-state index < -0.39 is 5.60 Å². The molecule has 4 rings (SSSR count). The second-order valence-corrected chi connectivity index (χ2v) is 9.97. The first-order valence-electron chi connectivity index (χ1n) is 11.5. The zero-order chi connectivity index (χ0) is 23.0. The average Bonchev–Trinajstić information content (AvgIpc) is 3.47. The SMILES string of the molecule is COC(=O)c1c(C2CCN(C(=O)OC(C)(C)C)C2)ccc(-c2ccccc2C2CC2)c1C. The van der Waals surface area contributed by atoms with Crippen molar-refractivity contribution in [1.29, 1.82) is 0 Å². The minimum atomic E-state index is -0.528. The first kappa shape index (κ1) is 22.4. The molecule has 0 N–H and O–H groups in total. The number of esters is 1. The molecule has 1 atom stereocenters. The lowest BCUT2D eigenvalue weighted by molar-refractivity contribution is 0.0292. The van der Waals surface area contributed by atoms with Crippen molar-refractivity contribution in [1.82, 2.24) is 4.90 Å². The van der Waals surface area contributed by atoms with Crippen LogP contribution in [0.2, 0.25) is 0 Å². The van der Waals surface area contributed by atoms with Crippen molar-refractivity contribution in [3.63, 3.8) is 0 Å². The van der Waals surface area contributed by atoms with E-state index in [1.807, 2.05) is 27.7 Å². The summed E-state index contributed by atoms with van der Waals surface area (Å²) < 4.78 is 10.7. The topological polar surface area (TPSA) is 55.8 Å².